The van der Waals surface area contributed by atoms with E-state index >= 15 is 0 Å². The fraction of sp³-hybridized carbons (Fsp3) is 1.00. The highest BCUT2D eigenvalue weighted by molar-refractivity contribution is 4.75. The summed E-state index contributed by atoms with van der Waals surface area (Å²) in [4.78, 5) is 0. The summed E-state index contributed by atoms with van der Waals surface area (Å²) in [6.45, 7) is 9.45. The molecule has 0 aromatic heterocycles. The highest BCUT2D eigenvalue weighted by Gasteiger charge is 2.18. The number of aliphatic hydroxyl groups excluding tert-OH is 1. The zero-order valence-electron chi connectivity index (χ0n) is 12.5. The van der Waals surface area contributed by atoms with Gasteiger partial charge in [0.1, 0.15) is 0 Å². The van der Waals surface area contributed by atoms with E-state index in [1.54, 1.807) is 0 Å². The van der Waals surface area contributed by atoms with Crippen molar-refractivity contribution in [2.75, 3.05) is 13.2 Å². The molecule has 3 atom stereocenters. The van der Waals surface area contributed by atoms with Gasteiger partial charge in [-0.05, 0) is 46.0 Å². The molecule has 0 aliphatic heterocycles. The van der Waals surface area contributed by atoms with E-state index in [-0.39, 0.29) is 5.60 Å². The van der Waals surface area contributed by atoms with Crippen LogP contribution in [-0.4, -0.2) is 36.0 Å². The van der Waals surface area contributed by atoms with Gasteiger partial charge in [0.05, 0.1) is 18.3 Å². The molecule has 1 aliphatic carbocycles. The van der Waals surface area contributed by atoms with Crippen molar-refractivity contribution < 1.29 is 9.84 Å². The summed E-state index contributed by atoms with van der Waals surface area (Å²) in [5, 5.41) is 13.4. The van der Waals surface area contributed by atoms with Crippen LogP contribution in [-0.2, 0) is 4.74 Å². The minimum Gasteiger partial charge on any atom is -0.389 e. The van der Waals surface area contributed by atoms with E-state index in [0.717, 1.165) is 5.92 Å². The Morgan fingerprint density at radius 3 is 2.61 bits per heavy atom. The van der Waals surface area contributed by atoms with Crippen LogP contribution in [0.25, 0.3) is 0 Å². The van der Waals surface area contributed by atoms with Crippen LogP contribution >= 0.6 is 0 Å². The first-order valence-corrected chi connectivity index (χ1v) is 7.42. The summed E-state index contributed by atoms with van der Waals surface area (Å²) in [5.41, 5.74) is -0.168. The third-order valence-corrected chi connectivity index (χ3v) is 3.61. The molecule has 1 aliphatic rings. The minimum atomic E-state index is -0.398. The molecule has 18 heavy (non-hydrogen) atoms. The predicted molar refractivity (Wildman–Crippen MR) is 75.8 cm³/mol. The lowest BCUT2D eigenvalue weighted by Gasteiger charge is -2.23. The minimum absolute atomic E-state index is 0.168. The van der Waals surface area contributed by atoms with Crippen LogP contribution in [0, 0.1) is 5.92 Å². The second-order valence-electron chi connectivity index (χ2n) is 6.80. The summed E-state index contributed by atoms with van der Waals surface area (Å²) in [7, 11) is 0. The van der Waals surface area contributed by atoms with Gasteiger partial charge in [-0.25, -0.2) is 0 Å². The van der Waals surface area contributed by atoms with Crippen LogP contribution in [0.3, 0.4) is 0 Å². The van der Waals surface area contributed by atoms with Gasteiger partial charge in [-0.1, -0.05) is 19.8 Å². The van der Waals surface area contributed by atoms with Crippen molar-refractivity contribution in [3.8, 4) is 0 Å². The van der Waals surface area contributed by atoms with Crippen LogP contribution in [0.5, 0.6) is 0 Å². The summed E-state index contributed by atoms with van der Waals surface area (Å²) >= 11 is 0. The lowest BCUT2D eigenvalue weighted by atomic mass is 10.0. The fourth-order valence-electron chi connectivity index (χ4n) is 2.40. The van der Waals surface area contributed by atoms with Crippen molar-refractivity contribution >= 4 is 0 Å². The lowest BCUT2D eigenvalue weighted by Crippen LogP contribution is -2.38. The second-order valence-corrected chi connectivity index (χ2v) is 6.80. The van der Waals surface area contributed by atoms with E-state index in [4.69, 9.17) is 4.74 Å². The molecule has 1 fully saturated rings. The van der Waals surface area contributed by atoms with Gasteiger partial charge in [-0.2, -0.15) is 0 Å². The third kappa shape index (κ3) is 7.34. The predicted octanol–water partition coefficient (Wildman–Crippen LogP) is 2.72. The molecule has 0 aromatic rings. The summed E-state index contributed by atoms with van der Waals surface area (Å²) in [6, 6.07) is 0.583. The van der Waals surface area contributed by atoms with Crippen molar-refractivity contribution in [3.63, 3.8) is 0 Å². The normalized spacial score (nSPS) is 27.8. The molecule has 3 unspecified atom stereocenters. The van der Waals surface area contributed by atoms with Crippen LogP contribution in [0.1, 0.15) is 59.8 Å². The maximum atomic E-state index is 9.88. The van der Waals surface area contributed by atoms with Gasteiger partial charge in [0.2, 0.25) is 0 Å². The Morgan fingerprint density at radius 2 is 1.94 bits per heavy atom. The maximum absolute atomic E-state index is 9.88. The van der Waals surface area contributed by atoms with Gasteiger partial charge in [-0.3, -0.25) is 0 Å². The number of hydrogen-bond acceptors (Lipinski definition) is 3. The summed E-state index contributed by atoms with van der Waals surface area (Å²) < 4.78 is 5.58. The van der Waals surface area contributed by atoms with Crippen LogP contribution in [0.4, 0.5) is 0 Å². The van der Waals surface area contributed by atoms with Crippen molar-refractivity contribution in [1.82, 2.24) is 5.32 Å². The molecule has 2 N–H and O–H groups in total. The van der Waals surface area contributed by atoms with Crippen molar-refractivity contribution in [1.29, 1.82) is 0 Å². The number of ether oxygens (including phenoxy) is 1. The molecule has 0 heterocycles. The van der Waals surface area contributed by atoms with Crippen molar-refractivity contribution in [2.45, 2.75) is 77.5 Å². The molecule has 108 valence electrons. The van der Waals surface area contributed by atoms with Gasteiger partial charge in [0.15, 0.2) is 0 Å². The summed E-state index contributed by atoms with van der Waals surface area (Å²) in [5.74, 6) is 0.867. The summed E-state index contributed by atoms with van der Waals surface area (Å²) in [6.07, 6.45) is 6.07. The lowest BCUT2D eigenvalue weighted by molar-refractivity contribution is -0.0484. The molecule has 0 spiro atoms. The Kier molecular flexibility index (Phi) is 6.61. The monoisotopic (exact) mass is 257 g/mol. The van der Waals surface area contributed by atoms with E-state index in [1.807, 2.05) is 20.8 Å². The molecular weight excluding hydrogens is 226 g/mol. The first-order chi connectivity index (χ1) is 8.37. The molecule has 0 radical (unpaired) electrons. The Bertz CT molecular complexity index is 225. The molecule has 3 heteroatoms. The first kappa shape index (κ1) is 15.9. The average molecular weight is 257 g/mol. The van der Waals surface area contributed by atoms with E-state index in [1.165, 1.54) is 32.1 Å². The van der Waals surface area contributed by atoms with Crippen molar-refractivity contribution in [2.24, 2.45) is 5.92 Å². The molecule has 1 rings (SSSR count). The zero-order chi connectivity index (χ0) is 13.6. The topological polar surface area (TPSA) is 41.5 Å². The second kappa shape index (κ2) is 7.46. The SMILES string of the molecule is CC1CCCC(NCC(O)COC(C)(C)C)CC1. The number of hydrogen-bond donors (Lipinski definition) is 2. The van der Waals surface area contributed by atoms with Crippen LogP contribution in [0.2, 0.25) is 0 Å². The Hall–Kier alpha value is -0.120. The third-order valence-electron chi connectivity index (χ3n) is 3.61. The maximum Gasteiger partial charge on any atom is 0.0898 e. The van der Waals surface area contributed by atoms with Gasteiger partial charge in [0.25, 0.3) is 0 Å². The zero-order valence-corrected chi connectivity index (χ0v) is 12.5. The van der Waals surface area contributed by atoms with E-state index < -0.39 is 6.10 Å². The van der Waals surface area contributed by atoms with E-state index in [2.05, 4.69) is 12.2 Å². The Morgan fingerprint density at radius 1 is 1.22 bits per heavy atom. The molecule has 0 aromatic carbocycles. The molecule has 0 amide bonds. The molecular formula is C15H31NO2. The van der Waals surface area contributed by atoms with Crippen LogP contribution < -0.4 is 5.32 Å². The smallest absolute Gasteiger partial charge is 0.0898 e. The average Bonchev–Trinajstić information content (AvgIpc) is 2.48. The van der Waals surface area contributed by atoms with Crippen molar-refractivity contribution in [3.05, 3.63) is 0 Å². The van der Waals surface area contributed by atoms with Gasteiger partial charge < -0.3 is 15.2 Å². The van der Waals surface area contributed by atoms with E-state index in [9.17, 15) is 5.11 Å². The van der Waals surface area contributed by atoms with Gasteiger partial charge >= 0.3 is 0 Å². The highest BCUT2D eigenvalue weighted by atomic mass is 16.5. The fourth-order valence-corrected chi connectivity index (χ4v) is 2.40. The molecule has 0 saturated heterocycles. The Labute approximate surface area is 112 Å². The number of aliphatic hydroxyl groups is 1. The molecule has 1 saturated carbocycles. The van der Waals surface area contributed by atoms with E-state index in [0.29, 0.717) is 19.2 Å². The standard InChI is InChI=1S/C15H31NO2/c1-12-6-5-7-13(9-8-12)16-10-14(17)11-18-15(2,3)4/h12-14,16-17H,5-11H2,1-4H3. The van der Waals surface area contributed by atoms with Gasteiger partial charge in [-0.15, -0.1) is 0 Å². The number of rotatable bonds is 5. The highest BCUT2D eigenvalue weighted by Crippen LogP contribution is 2.22. The largest absolute Gasteiger partial charge is 0.389 e. The first-order valence-electron chi connectivity index (χ1n) is 7.42. The quantitative estimate of drug-likeness (QED) is 0.744. The van der Waals surface area contributed by atoms with Gasteiger partial charge in [0, 0.05) is 12.6 Å². The molecule has 3 nitrogen and oxygen atoms in total. The van der Waals surface area contributed by atoms with Crippen LogP contribution in [0.15, 0.2) is 0 Å². The Balaban J connectivity index is 2.15. The molecule has 0 bridgehead atoms. The number of nitrogens with one attached hydrogen (secondary N) is 1.